The fraction of sp³-hybridized carbons (Fsp3) is 0.176. The third kappa shape index (κ3) is 5.92. The SMILES string of the molecule is C[C@H](Oc1ccc(F)cc1)C(=O)NNC(=O)Cc1ccc(Cl)cc1Cl. The number of hydrogen-bond donors (Lipinski definition) is 2. The van der Waals surface area contributed by atoms with E-state index < -0.39 is 23.7 Å². The summed E-state index contributed by atoms with van der Waals surface area (Å²) in [6, 6.07) is 10.0. The topological polar surface area (TPSA) is 67.4 Å². The molecule has 0 aliphatic heterocycles. The van der Waals surface area contributed by atoms with Crippen LogP contribution in [-0.2, 0) is 16.0 Å². The Morgan fingerprint density at radius 1 is 1.12 bits per heavy atom. The summed E-state index contributed by atoms with van der Waals surface area (Å²) in [5.41, 5.74) is 5.11. The average molecular weight is 385 g/mol. The van der Waals surface area contributed by atoms with Gasteiger partial charge in [-0.3, -0.25) is 20.4 Å². The summed E-state index contributed by atoms with van der Waals surface area (Å²) in [6.07, 6.45) is -0.909. The molecule has 0 saturated carbocycles. The fourth-order valence-electron chi connectivity index (χ4n) is 1.89. The first-order valence-corrected chi connectivity index (χ1v) is 8.05. The van der Waals surface area contributed by atoms with E-state index in [4.69, 9.17) is 27.9 Å². The van der Waals surface area contributed by atoms with Crippen molar-refractivity contribution in [1.29, 1.82) is 0 Å². The molecule has 2 aromatic carbocycles. The Hall–Kier alpha value is -2.31. The minimum Gasteiger partial charge on any atom is -0.481 e. The van der Waals surface area contributed by atoms with Crippen molar-refractivity contribution >= 4 is 35.0 Å². The Labute approximate surface area is 154 Å². The predicted octanol–water partition coefficient (Wildman–Crippen LogP) is 3.29. The monoisotopic (exact) mass is 384 g/mol. The first kappa shape index (κ1) is 19.0. The zero-order valence-corrected chi connectivity index (χ0v) is 14.7. The van der Waals surface area contributed by atoms with E-state index in [1.165, 1.54) is 37.3 Å². The third-order valence-corrected chi connectivity index (χ3v) is 3.77. The Kier molecular flexibility index (Phi) is 6.61. The quantitative estimate of drug-likeness (QED) is 0.777. The number of carbonyl (C=O) groups is 2. The molecule has 0 aliphatic carbocycles. The second-order valence-corrected chi connectivity index (χ2v) is 6.01. The maximum Gasteiger partial charge on any atom is 0.279 e. The molecule has 0 aromatic heterocycles. The van der Waals surface area contributed by atoms with Crippen molar-refractivity contribution in [2.45, 2.75) is 19.4 Å². The summed E-state index contributed by atoms with van der Waals surface area (Å²) in [5, 5.41) is 0.830. The summed E-state index contributed by atoms with van der Waals surface area (Å²) in [7, 11) is 0. The van der Waals surface area contributed by atoms with Crippen LogP contribution in [0.2, 0.25) is 10.0 Å². The van der Waals surface area contributed by atoms with Crippen molar-refractivity contribution < 1.29 is 18.7 Å². The lowest BCUT2D eigenvalue weighted by atomic mass is 10.1. The van der Waals surface area contributed by atoms with Gasteiger partial charge in [0.05, 0.1) is 6.42 Å². The normalized spacial score (nSPS) is 11.5. The number of hydrazine groups is 1. The third-order valence-electron chi connectivity index (χ3n) is 3.19. The first-order chi connectivity index (χ1) is 11.8. The standard InChI is InChI=1S/C17H15Cl2FN2O3/c1-10(25-14-6-4-13(20)5-7-14)17(24)22-21-16(23)8-11-2-3-12(18)9-15(11)19/h2-7,9-10H,8H2,1H3,(H,21,23)(H,22,24)/t10-/m0/s1. The van der Waals surface area contributed by atoms with E-state index >= 15 is 0 Å². The van der Waals surface area contributed by atoms with Gasteiger partial charge >= 0.3 is 0 Å². The molecule has 0 spiro atoms. The van der Waals surface area contributed by atoms with Crippen LogP contribution in [0.5, 0.6) is 5.75 Å². The van der Waals surface area contributed by atoms with Gasteiger partial charge < -0.3 is 4.74 Å². The smallest absolute Gasteiger partial charge is 0.279 e. The summed E-state index contributed by atoms with van der Waals surface area (Å²) in [6.45, 7) is 1.50. The Morgan fingerprint density at radius 3 is 2.44 bits per heavy atom. The van der Waals surface area contributed by atoms with Crippen LogP contribution in [0.15, 0.2) is 42.5 Å². The van der Waals surface area contributed by atoms with Crippen molar-refractivity contribution in [2.24, 2.45) is 0 Å². The number of amides is 2. The minimum absolute atomic E-state index is 0.0243. The van der Waals surface area contributed by atoms with Crippen LogP contribution >= 0.6 is 23.2 Å². The zero-order chi connectivity index (χ0) is 18.4. The highest BCUT2D eigenvalue weighted by Crippen LogP contribution is 2.21. The lowest BCUT2D eigenvalue weighted by molar-refractivity contribution is -0.132. The molecule has 5 nitrogen and oxygen atoms in total. The number of halogens is 3. The summed E-state index contributed by atoms with van der Waals surface area (Å²) in [5.74, 6) is -1.08. The summed E-state index contributed by atoms with van der Waals surface area (Å²) >= 11 is 11.8. The summed E-state index contributed by atoms with van der Waals surface area (Å²) < 4.78 is 18.2. The number of nitrogens with one attached hydrogen (secondary N) is 2. The molecule has 0 radical (unpaired) electrons. The van der Waals surface area contributed by atoms with Crippen LogP contribution in [-0.4, -0.2) is 17.9 Å². The Bertz CT molecular complexity index is 769. The first-order valence-electron chi connectivity index (χ1n) is 7.30. The molecule has 132 valence electrons. The number of rotatable bonds is 5. The molecule has 0 fully saturated rings. The molecule has 0 heterocycles. The van der Waals surface area contributed by atoms with Crippen LogP contribution in [0.25, 0.3) is 0 Å². The highest BCUT2D eigenvalue weighted by molar-refractivity contribution is 6.35. The molecular weight excluding hydrogens is 370 g/mol. The van der Waals surface area contributed by atoms with Gasteiger partial charge in [-0.25, -0.2) is 4.39 Å². The van der Waals surface area contributed by atoms with E-state index in [0.717, 1.165) is 0 Å². The van der Waals surface area contributed by atoms with E-state index in [2.05, 4.69) is 10.9 Å². The van der Waals surface area contributed by atoms with Crippen LogP contribution in [0.3, 0.4) is 0 Å². The number of ether oxygens (including phenoxy) is 1. The summed E-state index contributed by atoms with van der Waals surface area (Å²) in [4.78, 5) is 23.8. The second-order valence-electron chi connectivity index (χ2n) is 5.16. The lowest BCUT2D eigenvalue weighted by Crippen LogP contribution is -2.47. The molecular formula is C17H15Cl2FN2O3. The maximum atomic E-state index is 12.8. The highest BCUT2D eigenvalue weighted by Gasteiger charge is 2.16. The van der Waals surface area contributed by atoms with Gasteiger partial charge in [0.15, 0.2) is 6.10 Å². The van der Waals surface area contributed by atoms with Gasteiger partial charge in [-0.2, -0.15) is 0 Å². The molecule has 1 atom stereocenters. The fourth-order valence-corrected chi connectivity index (χ4v) is 2.36. The number of hydrogen-bond acceptors (Lipinski definition) is 3. The van der Waals surface area contributed by atoms with Gasteiger partial charge in [0.25, 0.3) is 5.91 Å². The molecule has 0 saturated heterocycles. The van der Waals surface area contributed by atoms with Crippen molar-refractivity contribution in [3.05, 3.63) is 63.9 Å². The van der Waals surface area contributed by atoms with E-state index in [1.807, 2.05) is 0 Å². The lowest BCUT2D eigenvalue weighted by Gasteiger charge is -2.15. The number of benzene rings is 2. The van der Waals surface area contributed by atoms with Gasteiger partial charge in [0.2, 0.25) is 5.91 Å². The predicted molar refractivity (Wildman–Crippen MR) is 92.9 cm³/mol. The van der Waals surface area contributed by atoms with E-state index in [9.17, 15) is 14.0 Å². The Balaban J connectivity index is 1.82. The van der Waals surface area contributed by atoms with Crippen molar-refractivity contribution in [3.63, 3.8) is 0 Å². The van der Waals surface area contributed by atoms with Crippen molar-refractivity contribution in [2.75, 3.05) is 0 Å². The molecule has 8 heteroatoms. The van der Waals surface area contributed by atoms with E-state index in [0.29, 0.717) is 21.4 Å². The van der Waals surface area contributed by atoms with Crippen molar-refractivity contribution in [3.8, 4) is 5.75 Å². The zero-order valence-electron chi connectivity index (χ0n) is 13.2. The van der Waals surface area contributed by atoms with E-state index in [1.54, 1.807) is 12.1 Å². The van der Waals surface area contributed by atoms with Crippen LogP contribution < -0.4 is 15.6 Å². The van der Waals surface area contributed by atoms with Gasteiger partial charge in [0, 0.05) is 10.0 Å². The van der Waals surface area contributed by atoms with Crippen LogP contribution in [0.1, 0.15) is 12.5 Å². The van der Waals surface area contributed by atoms with Crippen LogP contribution in [0.4, 0.5) is 4.39 Å². The molecule has 25 heavy (non-hydrogen) atoms. The van der Waals surface area contributed by atoms with Gasteiger partial charge in [-0.05, 0) is 48.9 Å². The minimum atomic E-state index is -0.884. The van der Waals surface area contributed by atoms with E-state index in [-0.39, 0.29) is 6.42 Å². The highest BCUT2D eigenvalue weighted by atomic mass is 35.5. The molecule has 2 amide bonds. The Morgan fingerprint density at radius 2 is 1.80 bits per heavy atom. The molecule has 0 bridgehead atoms. The molecule has 0 aliphatic rings. The molecule has 2 aromatic rings. The second kappa shape index (κ2) is 8.69. The van der Waals surface area contributed by atoms with Gasteiger partial charge in [-0.1, -0.05) is 29.3 Å². The van der Waals surface area contributed by atoms with Gasteiger partial charge in [-0.15, -0.1) is 0 Å². The van der Waals surface area contributed by atoms with Crippen LogP contribution in [0, 0.1) is 5.82 Å². The largest absolute Gasteiger partial charge is 0.481 e. The number of carbonyl (C=O) groups excluding carboxylic acids is 2. The van der Waals surface area contributed by atoms with Crippen molar-refractivity contribution in [1.82, 2.24) is 10.9 Å². The molecule has 2 rings (SSSR count). The molecule has 2 N–H and O–H groups in total. The van der Waals surface area contributed by atoms with Gasteiger partial charge in [0.1, 0.15) is 11.6 Å². The maximum absolute atomic E-state index is 12.8. The molecule has 0 unspecified atom stereocenters. The average Bonchev–Trinajstić information content (AvgIpc) is 2.57.